The van der Waals surface area contributed by atoms with Gasteiger partial charge in [-0.15, -0.1) is 11.3 Å². The normalized spacial score (nSPS) is 13.4. The second kappa shape index (κ2) is 8.46. The Morgan fingerprint density at radius 2 is 1.70 bits per heavy atom. The number of amides is 3. The van der Waals surface area contributed by atoms with Gasteiger partial charge in [0, 0.05) is 29.8 Å². The van der Waals surface area contributed by atoms with Gasteiger partial charge in [-0.25, -0.2) is 4.98 Å². The largest absolute Gasteiger partial charge is 0.312 e. The van der Waals surface area contributed by atoms with E-state index in [0.29, 0.717) is 29.1 Å². The van der Waals surface area contributed by atoms with Gasteiger partial charge in [0.05, 0.1) is 5.69 Å². The summed E-state index contributed by atoms with van der Waals surface area (Å²) in [7, 11) is 0. The molecule has 0 unspecified atom stereocenters. The zero-order valence-electron chi connectivity index (χ0n) is 16.3. The molecule has 1 saturated heterocycles. The molecule has 1 aromatic heterocycles. The summed E-state index contributed by atoms with van der Waals surface area (Å²) in [6, 6.07) is 16.3. The van der Waals surface area contributed by atoms with Crippen molar-refractivity contribution in [3.8, 4) is 10.6 Å². The molecule has 2 N–H and O–H groups in total. The van der Waals surface area contributed by atoms with Gasteiger partial charge in [-0.05, 0) is 37.6 Å². The van der Waals surface area contributed by atoms with E-state index in [9.17, 15) is 14.4 Å². The van der Waals surface area contributed by atoms with Gasteiger partial charge >= 0.3 is 0 Å². The summed E-state index contributed by atoms with van der Waals surface area (Å²) < 4.78 is 0. The van der Waals surface area contributed by atoms with Gasteiger partial charge < -0.3 is 4.90 Å². The van der Waals surface area contributed by atoms with Crippen LogP contribution >= 0.6 is 11.3 Å². The fourth-order valence-electron chi connectivity index (χ4n) is 3.27. The van der Waals surface area contributed by atoms with E-state index < -0.39 is 11.8 Å². The van der Waals surface area contributed by atoms with E-state index in [2.05, 4.69) is 15.8 Å². The van der Waals surface area contributed by atoms with E-state index in [1.54, 1.807) is 36.1 Å². The number of aromatic nitrogens is 1. The number of hydrazine groups is 1. The molecule has 0 radical (unpaired) electrons. The first-order valence-electron chi connectivity index (χ1n) is 9.57. The van der Waals surface area contributed by atoms with Gasteiger partial charge in [-0.1, -0.05) is 30.3 Å². The van der Waals surface area contributed by atoms with E-state index in [0.717, 1.165) is 22.7 Å². The molecule has 1 aliphatic rings. The number of carbonyl (C=O) groups is 3. The highest BCUT2D eigenvalue weighted by atomic mass is 32.1. The Balaban J connectivity index is 1.39. The number of hydrogen-bond donors (Lipinski definition) is 2. The van der Waals surface area contributed by atoms with Crippen molar-refractivity contribution in [1.82, 2.24) is 15.8 Å². The van der Waals surface area contributed by atoms with Gasteiger partial charge in [0.15, 0.2) is 0 Å². The van der Waals surface area contributed by atoms with Crippen LogP contribution in [-0.2, 0) is 4.79 Å². The zero-order valence-corrected chi connectivity index (χ0v) is 17.2. The van der Waals surface area contributed by atoms with Crippen LogP contribution in [-0.4, -0.2) is 29.3 Å². The van der Waals surface area contributed by atoms with Gasteiger partial charge in [-0.2, -0.15) is 0 Å². The fraction of sp³-hybridized carbons (Fsp3) is 0.182. The molecule has 152 valence electrons. The van der Waals surface area contributed by atoms with E-state index in [1.165, 1.54) is 11.3 Å². The molecule has 0 saturated carbocycles. The summed E-state index contributed by atoms with van der Waals surface area (Å²) in [5.74, 6) is -0.762. The molecule has 0 bridgehead atoms. The van der Waals surface area contributed by atoms with Crippen molar-refractivity contribution < 1.29 is 14.4 Å². The first-order chi connectivity index (χ1) is 14.5. The number of anilines is 1. The maximum absolute atomic E-state index is 12.5. The molecule has 7 nitrogen and oxygen atoms in total. The Hall–Kier alpha value is -3.52. The van der Waals surface area contributed by atoms with Crippen molar-refractivity contribution >= 4 is 34.7 Å². The molecular weight excluding hydrogens is 400 g/mol. The van der Waals surface area contributed by atoms with Crippen molar-refractivity contribution in [2.45, 2.75) is 19.8 Å². The summed E-state index contributed by atoms with van der Waals surface area (Å²) in [4.78, 5) is 43.3. The molecule has 0 spiro atoms. The first-order valence-corrected chi connectivity index (χ1v) is 10.4. The quantitative estimate of drug-likeness (QED) is 0.634. The number of carbonyl (C=O) groups excluding carboxylic acids is 3. The third-order valence-corrected chi connectivity index (χ3v) is 6.03. The third-order valence-electron chi connectivity index (χ3n) is 4.83. The summed E-state index contributed by atoms with van der Waals surface area (Å²) in [6.45, 7) is 2.46. The lowest BCUT2D eigenvalue weighted by Crippen LogP contribution is -2.41. The number of thiazole rings is 1. The minimum absolute atomic E-state index is 0.0919. The summed E-state index contributed by atoms with van der Waals surface area (Å²) in [5, 5.41) is 0.747. The molecule has 0 atom stereocenters. The van der Waals surface area contributed by atoms with Crippen LogP contribution in [0.2, 0.25) is 0 Å². The highest BCUT2D eigenvalue weighted by Crippen LogP contribution is 2.27. The molecule has 1 aliphatic heterocycles. The monoisotopic (exact) mass is 420 g/mol. The molecule has 8 heteroatoms. The highest BCUT2D eigenvalue weighted by molar-refractivity contribution is 7.17. The minimum Gasteiger partial charge on any atom is -0.312 e. The Labute approximate surface area is 177 Å². The third kappa shape index (κ3) is 4.08. The second-order valence-corrected chi connectivity index (χ2v) is 7.90. The molecule has 3 amide bonds. The maximum atomic E-state index is 12.5. The van der Waals surface area contributed by atoms with Crippen LogP contribution in [0.15, 0.2) is 54.6 Å². The topological polar surface area (TPSA) is 91.4 Å². The lowest BCUT2D eigenvalue weighted by molar-refractivity contribution is -0.117. The van der Waals surface area contributed by atoms with Crippen molar-refractivity contribution in [3.63, 3.8) is 0 Å². The lowest BCUT2D eigenvalue weighted by atomic mass is 10.2. The lowest BCUT2D eigenvalue weighted by Gasteiger charge is -2.15. The van der Waals surface area contributed by atoms with Gasteiger partial charge in [0.1, 0.15) is 9.88 Å². The molecule has 4 rings (SSSR count). The zero-order chi connectivity index (χ0) is 21.1. The summed E-state index contributed by atoms with van der Waals surface area (Å²) >= 11 is 1.27. The predicted octanol–water partition coefficient (Wildman–Crippen LogP) is 3.32. The number of aryl methyl sites for hydroxylation is 1. The molecule has 2 aromatic carbocycles. The number of rotatable bonds is 4. The molecule has 30 heavy (non-hydrogen) atoms. The fourth-order valence-corrected chi connectivity index (χ4v) is 4.23. The molecule has 1 fully saturated rings. The highest BCUT2D eigenvalue weighted by Gasteiger charge is 2.22. The average molecular weight is 420 g/mol. The predicted molar refractivity (Wildman–Crippen MR) is 115 cm³/mol. The van der Waals surface area contributed by atoms with Crippen LogP contribution in [0.4, 0.5) is 5.69 Å². The van der Waals surface area contributed by atoms with E-state index in [1.807, 2.05) is 30.3 Å². The van der Waals surface area contributed by atoms with Gasteiger partial charge in [0.2, 0.25) is 5.91 Å². The number of hydrogen-bond acceptors (Lipinski definition) is 5. The molecule has 0 aliphatic carbocycles. The maximum Gasteiger partial charge on any atom is 0.281 e. The van der Waals surface area contributed by atoms with Gasteiger partial charge in [0.25, 0.3) is 11.8 Å². The average Bonchev–Trinajstić information content (AvgIpc) is 3.38. The molecule has 3 aromatic rings. The summed E-state index contributed by atoms with van der Waals surface area (Å²) in [5.41, 5.74) is 7.57. The van der Waals surface area contributed by atoms with Crippen molar-refractivity contribution in [3.05, 3.63) is 70.7 Å². The van der Waals surface area contributed by atoms with Crippen molar-refractivity contribution in [2.24, 2.45) is 0 Å². The summed E-state index contributed by atoms with van der Waals surface area (Å²) in [6.07, 6.45) is 1.40. The minimum atomic E-state index is -0.437. The number of benzene rings is 2. The Bertz CT molecular complexity index is 1090. The SMILES string of the molecule is Cc1nc(-c2ccccc2)sc1C(=O)NNC(=O)c1ccc(N2CCCC2=O)cc1. The van der Waals surface area contributed by atoms with E-state index >= 15 is 0 Å². The standard InChI is InChI=1S/C22H20N4O3S/c1-14-19(30-22(23-14)16-6-3-2-4-7-16)21(29)25-24-20(28)15-9-11-17(12-10-15)26-13-5-8-18(26)27/h2-4,6-7,9-12H,5,8,13H2,1H3,(H,24,28)(H,25,29). The van der Waals surface area contributed by atoms with Crippen LogP contribution in [0.1, 0.15) is 38.6 Å². The first kappa shape index (κ1) is 19.8. The van der Waals surface area contributed by atoms with E-state index in [-0.39, 0.29) is 5.91 Å². The van der Waals surface area contributed by atoms with Crippen LogP contribution in [0.25, 0.3) is 10.6 Å². The molecular formula is C22H20N4O3S. The van der Waals surface area contributed by atoms with Crippen molar-refractivity contribution in [2.75, 3.05) is 11.4 Å². The van der Waals surface area contributed by atoms with Crippen LogP contribution in [0.5, 0.6) is 0 Å². The Kier molecular flexibility index (Phi) is 5.58. The molecule has 2 heterocycles. The van der Waals surface area contributed by atoms with Crippen LogP contribution in [0.3, 0.4) is 0 Å². The van der Waals surface area contributed by atoms with Crippen molar-refractivity contribution in [1.29, 1.82) is 0 Å². The van der Waals surface area contributed by atoms with E-state index in [4.69, 9.17) is 0 Å². The Morgan fingerprint density at radius 3 is 2.37 bits per heavy atom. The Morgan fingerprint density at radius 1 is 1.00 bits per heavy atom. The number of nitrogens with one attached hydrogen (secondary N) is 2. The number of nitrogens with zero attached hydrogens (tertiary/aromatic N) is 2. The second-order valence-electron chi connectivity index (χ2n) is 6.90. The van der Waals surface area contributed by atoms with Crippen LogP contribution in [0, 0.1) is 6.92 Å². The smallest absolute Gasteiger partial charge is 0.281 e. The van der Waals surface area contributed by atoms with Gasteiger partial charge in [-0.3, -0.25) is 25.2 Å². The van der Waals surface area contributed by atoms with Crippen LogP contribution < -0.4 is 15.8 Å².